The molecule has 0 aliphatic rings. The maximum Gasteiger partial charge on any atom is 0.252 e. The predicted octanol–water partition coefficient (Wildman–Crippen LogP) is 5.58. The zero-order valence-corrected chi connectivity index (χ0v) is 17.2. The van der Waals surface area contributed by atoms with Gasteiger partial charge in [-0.1, -0.05) is 36.4 Å². The third-order valence-corrected chi connectivity index (χ3v) is 6.38. The number of thioether (sulfide) groups is 1. The summed E-state index contributed by atoms with van der Waals surface area (Å²) in [6, 6.07) is 20.2. The summed E-state index contributed by atoms with van der Waals surface area (Å²) < 4.78 is 0. The van der Waals surface area contributed by atoms with Crippen LogP contribution in [-0.4, -0.2) is 18.5 Å². The van der Waals surface area contributed by atoms with E-state index in [1.165, 1.54) is 10.4 Å². The van der Waals surface area contributed by atoms with E-state index in [1.807, 2.05) is 43.3 Å². The maximum atomic E-state index is 12.8. The van der Waals surface area contributed by atoms with Gasteiger partial charge in [-0.25, -0.2) is 0 Å². The molecule has 1 heterocycles. The molecule has 3 nitrogen and oxygen atoms in total. The number of thiophene rings is 1. The Kier molecular flexibility index (Phi) is 6.96. The van der Waals surface area contributed by atoms with Crippen LogP contribution in [-0.2, 0) is 5.75 Å². The smallest absolute Gasteiger partial charge is 0.252 e. The molecule has 0 aliphatic heterocycles. The minimum atomic E-state index is -0.0247. The van der Waals surface area contributed by atoms with Gasteiger partial charge >= 0.3 is 0 Å². The number of anilines is 1. The van der Waals surface area contributed by atoms with Crippen LogP contribution in [0.1, 0.15) is 27.7 Å². The Hall–Kier alpha value is -2.24. The van der Waals surface area contributed by atoms with Gasteiger partial charge in [-0.05, 0) is 49.1 Å². The summed E-state index contributed by atoms with van der Waals surface area (Å²) in [7, 11) is 0. The van der Waals surface area contributed by atoms with Gasteiger partial charge in [0.05, 0.1) is 5.56 Å². The van der Waals surface area contributed by atoms with Crippen molar-refractivity contribution in [3.05, 3.63) is 82.0 Å². The summed E-state index contributed by atoms with van der Waals surface area (Å²) >= 11 is 3.45. The van der Waals surface area contributed by atoms with Gasteiger partial charge in [0, 0.05) is 33.8 Å². The van der Waals surface area contributed by atoms with Gasteiger partial charge in [-0.2, -0.15) is 0 Å². The number of nitrogens with one attached hydrogen (secondary N) is 2. The molecule has 1 amide bonds. The van der Waals surface area contributed by atoms with E-state index in [0.717, 1.165) is 21.9 Å². The lowest BCUT2D eigenvalue weighted by Gasteiger charge is -2.17. The second-order valence-corrected chi connectivity index (χ2v) is 8.48. The number of hydrogen-bond donors (Lipinski definition) is 2. The molecule has 0 saturated heterocycles. The fourth-order valence-electron chi connectivity index (χ4n) is 2.71. The molecule has 0 aliphatic carbocycles. The molecule has 3 rings (SSSR count). The summed E-state index contributed by atoms with van der Waals surface area (Å²) in [6.07, 6.45) is 0. The third kappa shape index (κ3) is 5.62. The SMILES string of the molecule is Cc1ccccc1NCC(C)NC(=O)c1ccccc1SCc1cccs1. The first-order chi connectivity index (χ1) is 13.1. The Bertz CT molecular complexity index is 878. The molecule has 3 aromatic rings. The van der Waals surface area contributed by atoms with E-state index in [0.29, 0.717) is 6.54 Å². The van der Waals surface area contributed by atoms with Crippen LogP contribution >= 0.6 is 23.1 Å². The highest BCUT2D eigenvalue weighted by molar-refractivity contribution is 7.98. The van der Waals surface area contributed by atoms with Gasteiger partial charge < -0.3 is 10.6 Å². The topological polar surface area (TPSA) is 41.1 Å². The summed E-state index contributed by atoms with van der Waals surface area (Å²) in [4.78, 5) is 15.1. The van der Waals surface area contributed by atoms with Gasteiger partial charge in [0.2, 0.25) is 0 Å². The molecule has 0 radical (unpaired) electrons. The van der Waals surface area contributed by atoms with Crippen molar-refractivity contribution < 1.29 is 4.79 Å². The molecule has 1 aromatic heterocycles. The summed E-state index contributed by atoms with van der Waals surface area (Å²) in [6.45, 7) is 4.78. The minimum Gasteiger partial charge on any atom is -0.383 e. The predicted molar refractivity (Wildman–Crippen MR) is 117 cm³/mol. The molecule has 2 aromatic carbocycles. The Morgan fingerprint density at radius 2 is 1.85 bits per heavy atom. The minimum absolute atomic E-state index is 0.0208. The summed E-state index contributed by atoms with van der Waals surface area (Å²) in [5.41, 5.74) is 3.04. The average molecular weight is 397 g/mol. The van der Waals surface area contributed by atoms with E-state index in [-0.39, 0.29) is 11.9 Å². The first-order valence-corrected chi connectivity index (χ1v) is 10.8. The van der Waals surface area contributed by atoms with Gasteiger partial charge in [-0.15, -0.1) is 23.1 Å². The average Bonchev–Trinajstić information content (AvgIpc) is 3.19. The van der Waals surface area contributed by atoms with Crippen molar-refractivity contribution in [2.75, 3.05) is 11.9 Å². The Labute approximate surface area is 169 Å². The molecular formula is C22H24N2OS2. The molecule has 140 valence electrons. The van der Waals surface area contributed by atoms with Crippen LogP contribution in [0.3, 0.4) is 0 Å². The van der Waals surface area contributed by atoms with E-state index in [1.54, 1.807) is 23.1 Å². The zero-order valence-electron chi connectivity index (χ0n) is 15.6. The maximum absolute atomic E-state index is 12.8. The quantitative estimate of drug-likeness (QED) is 0.488. The van der Waals surface area contributed by atoms with Crippen LogP contribution in [0.4, 0.5) is 5.69 Å². The van der Waals surface area contributed by atoms with Crippen molar-refractivity contribution in [3.63, 3.8) is 0 Å². The van der Waals surface area contributed by atoms with E-state index in [2.05, 4.69) is 47.2 Å². The Morgan fingerprint density at radius 1 is 1.07 bits per heavy atom. The second kappa shape index (κ2) is 9.62. The molecule has 0 saturated carbocycles. The molecule has 2 N–H and O–H groups in total. The van der Waals surface area contributed by atoms with Gasteiger partial charge in [0.15, 0.2) is 0 Å². The number of aryl methyl sites for hydroxylation is 1. The van der Waals surface area contributed by atoms with Crippen LogP contribution in [0.2, 0.25) is 0 Å². The fourth-order valence-corrected chi connectivity index (χ4v) is 4.53. The molecule has 0 bridgehead atoms. The number of para-hydroxylation sites is 1. The number of amides is 1. The highest BCUT2D eigenvalue weighted by atomic mass is 32.2. The van der Waals surface area contributed by atoms with Crippen molar-refractivity contribution in [1.29, 1.82) is 0 Å². The highest BCUT2D eigenvalue weighted by Gasteiger charge is 2.14. The highest BCUT2D eigenvalue weighted by Crippen LogP contribution is 2.28. The van der Waals surface area contributed by atoms with Crippen molar-refractivity contribution in [3.8, 4) is 0 Å². The molecule has 0 fully saturated rings. The third-order valence-electron chi connectivity index (χ3n) is 4.20. The molecule has 0 spiro atoms. The van der Waals surface area contributed by atoms with Crippen LogP contribution in [0, 0.1) is 6.92 Å². The number of rotatable bonds is 8. The lowest BCUT2D eigenvalue weighted by molar-refractivity contribution is 0.0939. The van der Waals surface area contributed by atoms with E-state index < -0.39 is 0 Å². The number of carbonyl (C=O) groups excluding carboxylic acids is 1. The standard InChI is InChI=1S/C22H24N2OS2/c1-16-8-3-5-11-20(16)23-14-17(2)24-22(25)19-10-4-6-12-21(19)27-15-18-9-7-13-26-18/h3-13,17,23H,14-15H2,1-2H3,(H,24,25). The summed E-state index contributed by atoms with van der Waals surface area (Å²) in [5, 5.41) is 8.60. The Morgan fingerprint density at radius 3 is 2.63 bits per heavy atom. The van der Waals surface area contributed by atoms with Crippen LogP contribution in [0.25, 0.3) is 0 Å². The molecular weight excluding hydrogens is 372 g/mol. The zero-order chi connectivity index (χ0) is 19.1. The number of carbonyl (C=O) groups is 1. The lowest BCUT2D eigenvalue weighted by atomic mass is 10.2. The Balaban J connectivity index is 1.57. The number of hydrogen-bond acceptors (Lipinski definition) is 4. The van der Waals surface area contributed by atoms with Crippen molar-refractivity contribution in [2.24, 2.45) is 0 Å². The molecule has 5 heteroatoms. The largest absolute Gasteiger partial charge is 0.383 e. The fraction of sp³-hybridized carbons (Fsp3) is 0.227. The van der Waals surface area contributed by atoms with Crippen molar-refractivity contribution in [2.45, 2.75) is 30.5 Å². The second-order valence-electron chi connectivity index (χ2n) is 6.43. The monoisotopic (exact) mass is 396 g/mol. The van der Waals surface area contributed by atoms with E-state index in [4.69, 9.17) is 0 Å². The number of benzene rings is 2. The van der Waals surface area contributed by atoms with Gasteiger partial charge in [0.1, 0.15) is 0 Å². The molecule has 1 unspecified atom stereocenters. The lowest BCUT2D eigenvalue weighted by Crippen LogP contribution is -2.37. The van der Waals surface area contributed by atoms with Gasteiger partial charge in [-0.3, -0.25) is 4.79 Å². The van der Waals surface area contributed by atoms with Crippen LogP contribution < -0.4 is 10.6 Å². The molecule has 27 heavy (non-hydrogen) atoms. The van der Waals surface area contributed by atoms with E-state index >= 15 is 0 Å². The first kappa shape index (κ1) is 19.5. The molecule has 1 atom stereocenters. The van der Waals surface area contributed by atoms with Crippen molar-refractivity contribution in [1.82, 2.24) is 5.32 Å². The first-order valence-electron chi connectivity index (χ1n) is 8.98. The van der Waals surface area contributed by atoms with Crippen molar-refractivity contribution >= 4 is 34.7 Å². The van der Waals surface area contributed by atoms with Crippen LogP contribution in [0.5, 0.6) is 0 Å². The van der Waals surface area contributed by atoms with Crippen LogP contribution in [0.15, 0.2) is 70.9 Å². The summed E-state index contributed by atoms with van der Waals surface area (Å²) in [5.74, 6) is 0.857. The van der Waals surface area contributed by atoms with E-state index in [9.17, 15) is 4.79 Å². The van der Waals surface area contributed by atoms with Gasteiger partial charge in [0.25, 0.3) is 5.91 Å². The normalized spacial score (nSPS) is 11.8.